The van der Waals surface area contributed by atoms with Gasteiger partial charge in [0.1, 0.15) is 17.3 Å². The summed E-state index contributed by atoms with van der Waals surface area (Å²) in [6.07, 6.45) is 6.28. The first-order chi connectivity index (χ1) is 20.7. The lowest BCUT2D eigenvalue weighted by molar-refractivity contribution is -0.0265. The summed E-state index contributed by atoms with van der Waals surface area (Å²) in [5.41, 5.74) is 1.06. The van der Waals surface area contributed by atoms with Gasteiger partial charge in [-0.2, -0.15) is 5.10 Å². The van der Waals surface area contributed by atoms with Crippen LogP contribution in [0.4, 0.5) is 19.4 Å². The molecule has 1 aromatic carbocycles. The molecule has 2 saturated heterocycles. The number of anilines is 1. The zero-order valence-electron chi connectivity index (χ0n) is 24.4. The molecule has 43 heavy (non-hydrogen) atoms. The lowest BCUT2D eigenvalue weighted by Gasteiger charge is -2.40. The number of nitrogens with zero attached hydrogens (tertiary/aromatic N) is 7. The van der Waals surface area contributed by atoms with Crippen molar-refractivity contribution in [1.29, 1.82) is 0 Å². The van der Waals surface area contributed by atoms with Crippen LogP contribution in [0.5, 0.6) is 0 Å². The molecule has 2 amide bonds. The number of halogens is 2. The monoisotopic (exact) mass is 591 g/mol. The molecule has 11 nitrogen and oxygen atoms in total. The third kappa shape index (κ3) is 5.88. The van der Waals surface area contributed by atoms with E-state index in [1.807, 2.05) is 49.2 Å². The van der Waals surface area contributed by atoms with Gasteiger partial charge in [0.05, 0.1) is 24.4 Å². The molecule has 2 atom stereocenters. The van der Waals surface area contributed by atoms with Gasteiger partial charge in [-0.15, -0.1) is 0 Å². The van der Waals surface area contributed by atoms with Crippen LogP contribution in [0.1, 0.15) is 17.4 Å². The lowest BCUT2D eigenvalue weighted by Crippen LogP contribution is -2.55. The Morgan fingerprint density at radius 3 is 2.53 bits per heavy atom. The summed E-state index contributed by atoms with van der Waals surface area (Å²) in [6, 6.07) is 10.0. The maximum Gasteiger partial charge on any atom is 0.320 e. The Bertz CT molecular complexity index is 1570. The molecule has 2 aliphatic heterocycles. The largest absolute Gasteiger partial charge is 0.383 e. The van der Waals surface area contributed by atoms with Gasteiger partial charge in [-0.25, -0.2) is 28.2 Å². The number of alkyl halides is 1. The predicted molar refractivity (Wildman–Crippen MR) is 157 cm³/mol. The second-order valence-corrected chi connectivity index (χ2v) is 11.3. The highest BCUT2D eigenvalue weighted by atomic mass is 19.1. The van der Waals surface area contributed by atoms with Gasteiger partial charge in [0, 0.05) is 75.7 Å². The summed E-state index contributed by atoms with van der Waals surface area (Å²) >= 11 is 0. The number of carbonyl (C=O) groups is 1. The van der Waals surface area contributed by atoms with Crippen molar-refractivity contribution in [3.05, 3.63) is 78.4 Å². The third-order valence-corrected chi connectivity index (χ3v) is 8.08. The standard InChI is InChI=1S/C30H35F2N9O2/c1-20-26(21-13-33-28(34-14-21)30(32)18-38(2)19-30)37-41(23-7-5-4-6-8-23)27(20)36-29(42)35-24-16-39(11-12-43-3)17-25(24)40-10-9-22(31)15-40/h4-10,13-15,24-25H,11-12,16-19H2,1-3H3,(H2,35,36,42). The molecule has 2 N–H and O–H groups in total. The van der Waals surface area contributed by atoms with Gasteiger partial charge in [-0.05, 0) is 32.2 Å². The SMILES string of the molecule is COCCN1CC(NC(=O)Nc2c(C)c(-c3cnc(C4(F)CN(C)C4)nc3)nn2-c2ccccc2)C(n2ccc(F)c2)C1. The molecule has 2 fully saturated rings. The van der Waals surface area contributed by atoms with Crippen molar-refractivity contribution in [2.75, 3.05) is 58.8 Å². The molecule has 0 radical (unpaired) electrons. The third-order valence-electron chi connectivity index (χ3n) is 8.08. The number of hydrogen-bond donors (Lipinski definition) is 2. The summed E-state index contributed by atoms with van der Waals surface area (Å²) < 4.78 is 37.6. The van der Waals surface area contributed by atoms with Crippen LogP contribution < -0.4 is 10.6 Å². The molecule has 0 aliphatic carbocycles. The molecule has 6 rings (SSSR count). The molecular weight excluding hydrogens is 556 g/mol. The van der Waals surface area contributed by atoms with E-state index >= 15 is 4.39 Å². The van der Waals surface area contributed by atoms with E-state index in [9.17, 15) is 9.18 Å². The summed E-state index contributed by atoms with van der Waals surface area (Å²) in [7, 11) is 3.50. The lowest BCUT2D eigenvalue weighted by atomic mass is 9.96. The number of likely N-dealkylation sites (tertiary alicyclic amines) is 2. The van der Waals surface area contributed by atoms with Crippen LogP contribution in [0.3, 0.4) is 0 Å². The predicted octanol–water partition coefficient (Wildman–Crippen LogP) is 3.38. The number of carbonyl (C=O) groups excluding carboxylic acids is 1. The highest BCUT2D eigenvalue weighted by molar-refractivity contribution is 5.91. The first-order valence-corrected chi connectivity index (χ1v) is 14.2. The fraction of sp³-hybridized carbons (Fsp3) is 0.400. The molecular formula is C30H35F2N9O2. The average Bonchev–Trinajstić information content (AvgIpc) is 3.69. The smallest absolute Gasteiger partial charge is 0.320 e. The van der Waals surface area contributed by atoms with Gasteiger partial charge >= 0.3 is 6.03 Å². The Kier molecular flexibility index (Phi) is 7.95. The number of urea groups is 1. The van der Waals surface area contributed by atoms with Crippen LogP contribution in [0.2, 0.25) is 0 Å². The molecule has 2 unspecified atom stereocenters. The highest BCUT2D eigenvalue weighted by Crippen LogP contribution is 2.34. The van der Waals surface area contributed by atoms with Gasteiger partial charge in [-0.1, -0.05) is 18.2 Å². The van der Waals surface area contributed by atoms with E-state index in [4.69, 9.17) is 9.84 Å². The number of para-hydroxylation sites is 1. The molecule has 5 heterocycles. The van der Waals surface area contributed by atoms with Gasteiger partial charge in [0.2, 0.25) is 0 Å². The molecule has 0 bridgehead atoms. The van der Waals surface area contributed by atoms with Crippen LogP contribution >= 0.6 is 0 Å². The van der Waals surface area contributed by atoms with Gasteiger partial charge < -0.3 is 14.6 Å². The highest BCUT2D eigenvalue weighted by Gasteiger charge is 2.45. The second-order valence-electron chi connectivity index (χ2n) is 11.3. The van der Waals surface area contributed by atoms with E-state index in [0.29, 0.717) is 48.9 Å². The maximum atomic E-state index is 15.1. The molecule has 2 aliphatic rings. The Labute approximate surface area is 248 Å². The molecule has 4 aromatic rings. The van der Waals surface area contributed by atoms with Crippen molar-refractivity contribution in [1.82, 2.24) is 39.4 Å². The van der Waals surface area contributed by atoms with E-state index < -0.39 is 11.7 Å². The van der Waals surface area contributed by atoms with Crippen molar-refractivity contribution in [2.45, 2.75) is 24.7 Å². The number of nitrogens with one attached hydrogen (secondary N) is 2. The Morgan fingerprint density at radius 2 is 1.88 bits per heavy atom. The number of methoxy groups -OCH3 is 1. The number of benzene rings is 1. The van der Waals surface area contributed by atoms with Gasteiger partial charge in [0.15, 0.2) is 11.5 Å². The van der Waals surface area contributed by atoms with E-state index in [1.165, 1.54) is 12.3 Å². The number of aromatic nitrogens is 5. The first-order valence-electron chi connectivity index (χ1n) is 14.2. The van der Waals surface area contributed by atoms with Crippen LogP contribution in [0.15, 0.2) is 61.2 Å². The molecule has 0 saturated carbocycles. The number of amides is 2. The second kappa shape index (κ2) is 11.8. The van der Waals surface area contributed by atoms with Crippen molar-refractivity contribution < 1.29 is 18.3 Å². The Balaban J connectivity index is 1.26. The quantitative estimate of drug-likeness (QED) is 0.308. The minimum absolute atomic E-state index is 0.153. The average molecular weight is 592 g/mol. The number of ether oxygens (including phenoxy) is 1. The molecule has 3 aromatic heterocycles. The normalized spacial score (nSPS) is 20.2. The fourth-order valence-corrected chi connectivity index (χ4v) is 5.92. The molecule has 226 valence electrons. The van der Waals surface area contributed by atoms with Crippen molar-refractivity contribution in [3.63, 3.8) is 0 Å². The minimum Gasteiger partial charge on any atom is -0.383 e. The number of likely N-dealkylation sites (N-methyl/N-ethyl adjacent to an activating group) is 1. The Morgan fingerprint density at radius 1 is 1.14 bits per heavy atom. The zero-order valence-corrected chi connectivity index (χ0v) is 24.4. The zero-order chi connectivity index (χ0) is 30.1. The van der Waals surface area contributed by atoms with Crippen molar-refractivity contribution in [2.24, 2.45) is 0 Å². The van der Waals surface area contributed by atoms with Crippen LogP contribution in [0, 0.1) is 12.7 Å². The topological polar surface area (TPSA) is 105 Å². The summed E-state index contributed by atoms with van der Waals surface area (Å²) in [4.78, 5) is 26.2. The van der Waals surface area contributed by atoms with Crippen LogP contribution in [-0.4, -0.2) is 99.7 Å². The van der Waals surface area contributed by atoms with E-state index in [0.717, 1.165) is 5.69 Å². The number of rotatable bonds is 9. The van der Waals surface area contributed by atoms with E-state index in [2.05, 4.69) is 25.5 Å². The molecule has 0 spiro atoms. The van der Waals surface area contributed by atoms with Crippen LogP contribution in [0.25, 0.3) is 16.9 Å². The van der Waals surface area contributed by atoms with Crippen LogP contribution in [-0.2, 0) is 10.4 Å². The minimum atomic E-state index is -1.56. The Hall–Kier alpha value is -4.20. The van der Waals surface area contributed by atoms with Crippen molar-refractivity contribution >= 4 is 11.8 Å². The van der Waals surface area contributed by atoms with Gasteiger partial charge in [-0.3, -0.25) is 15.1 Å². The number of hydrogen-bond acceptors (Lipinski definition) is 7. The van der Waals surface area contributed by atoms with E-state index in [1.54, 1.807) is 34.9 Å². The maximum absolute atomic E-state index is 15.1. The van der Waals surface area contributed by atoms with E-state index in [-0.39, 0.29) is 36.8 Å². The first kappa shape index (κ1) is 28.9. The summed E-state index contributed by atoms with van der Waals surface area (Å²) in [5.74, 6) is 0.302. The summed E-state index contributed by atoms with van der Waals surface area (Å²) in [6.45, 7) is 4.83. The van der Waals surface area contributed by atoms with Gasteiger partial charge in [0.25, 0.3) is 0 Å². The van der Waals surface area contributed by atoms with Crippen molar-refractivity contribution in [3.8, 4) is 16.9 Å². The fourth-order valence-electron chi connectivity index (χ4n) is 5.92. The molecule has 13 heteroatoms. The summed E-state index contributed by atoms with van der Waals surface area (Å²) in [5, 5.41) is 10.9.